The number of nitrogens with two attached hydrogens (primary N) is 1. The third-order valence-electron chi connectivity index (χ3n) is 1.99. The van der Waals surface area contributed by atoms with Crippen LogP contribution in [0.15, 0.2) is 18.2 Å². The van der Waals surface area contributed by atoms with Crippen molar-refractivity contribution in [2.75, 3.05) is 30.9 Å². The lowest BCUT2D eigenvalue weighted by atomic mass is 10.2. The van der Waals surface area contributed by atoms with Crippen LogP contribution in [0.3, 0.4) is 0 Å². The fourth-order valence-electron chi connectivity index (χ4n) is 1.18. The highest BCUT2D eigenvalue weighted by atomic mass is 19.1. The minimum Gasteiger partial charge on any atom is -0.396 e. The Bertz CT molecular complexity index is 385. The van der Waals surface area contributed by atoms with Crippen LogP contribution < -0.4 is 11.1 Å². The molecule has 0 fully saturated rings. The molecule has 0 unspecified atom stereocenters. The molecular formula is C11H15FN2O3. The minimum atomic E-state index is -0.519. The van der Waals surface area contributed by atoms with Gasteiger partial charge in [-0.2, -0.15) is 0 Å². The fraction of sp³-hybridized carbons (Fsp3) is 0.364. The Labute approximate surface area is 98.4 Å². The fourth-order valence-corrected chi connectivity index (χ4v) is 1.18. The number of halogens is 1. The van der Waals surface area contributed by atoms with E-state index in [2.05, 4.69) is 5.32 Å². The van der Waals surface area contributed by atoms with Gasteiger partial charge in [-0.15, -0.1) is 0 Å². The van der Waals surface area contributed by atoms with E-state index >= 15 is 0 Å². The third-order valence-corrected chi connectivity index (χ3v) is 1.99. The van der Waals surface area contributed by atoms with Crippen LogP contribution in [0.1, 0.15) is 6.42 Å². The Morgan fingerprint density at radius 2 is 2.24 bits per heavy atom. The van der Waals surface area contributed by atoms with Crippen molar-refractivity contribution in [3.8, 4) is 0 Å². The molecular weight excluding hydrogens is 227 g/mol. The zero-order valence-corrected chi connectivity index (χ0v) is 9.28. The van der Waals surface area contributed by atoms with Crippen molar-refractivity contribution >= 4 is 17.3 Å². The Hall–Kier alpha value is -1.66. The van der Waals surface area contributed by atoms with Gasteiger partial charge in [0.15, 0.2) is 0 Å². The standard InChI is InChI=1S/C11H15FN2O3/c12-9-2-1-8(7-10(9)13)14-11(16)3-5-17-6-4-15/h1-2,7,15H,3-6,13H2,(H,14,16). The summed E-state index contributed by atoms with van der Waals surface area (Å²) in [5.41, 5.74) is 5.78. The number of hydrogen-bond donors (Lipinski definition) is 3. The average molecular weight is 242 g/mol. The molecule has 1 rings (SSSR count). The Balaban J connectivity index is 2.37. The second-order valence-electron chi connectivity index (χ2n) is 3.37. The molecule has 0 saturated heterocycles. The summed E-state index contributed by atoms with van der Waals surface area (Å²) in [7, 11) is 0. The van der Waals surface area contributed by atoms with E-state index in [0.29, 0.717) is 5.69 Å². The summed E-state index contributed by atoms with van der Waals surface area (Å²) in [5.74, 6) is -0.775. The molecule has 4 N–H and O–H groups in total. The molecule has 0 aromatic heterocycles. The van der Waals surface area contributed by atoms with E-state index in [4.69, 9.17) is 15.6 Å². The molecule has 17 heavy (non-hydrogen) atoms. The van der Waals surface area contributed by atoms with Gasteiger partial charge < -0.3 is 20.9 Å². The van der Waals surface area contributed by atoms with Crippen molar-refractivity contribution in [2.45, 2.75) is 6.42 Å². The van der Waals surface area contributed by atoms with Crippen LogP contribution in [0.2, 0.25) is 0 Å². The van der Waals surface area contributed by atoms with Crippen molar-refractivity contribution in [3.05, 3.63) is 24.0 Å². The molecule has 1 aromatic rings. The van der Waals surface area contributed by atoms with Crippen molar-refractivity contribution < 1.29 is 19.0 Å². The smallest absolute Gasteiger partial charge is 0.226 e. The number of carbonyl (C=O) groups excluding carboxylic acids is 1. The van der Waals surface area contributed by atoms with E-state index in [1.807, 2.05) is 0 Å². The van der Waals surface area contributed by atoms with Crippen LogP contribution in [0.5, 0.6) is 0 Å². The molecule has 5 nitrogen and oxygen atoms in total. The lowest BCUT2D eigenvalue weighted by molar-refractivity contribution is -0.117. The van der Waals surface area contributed by atoms with Gasteiger partial charge in [0.1, 0.15) is 5.82 Å². The first-order valence-electron chi connectivity index (χ1n) is 5.17. The van der Waals surface area contributed by atoms with E-state index in [-0.39, 0.29) is 37.8 Å². The zero-order chi connectivity index (χ0) is 12.7. The van der Waals surface area contributed by atoms with E-state index in [0.717, 1.165) is 0 Å². The van der Waals surface area contributed by atoms with Crippen molar-refractivity contribution in [1.29, 1.82) is 0 Å². The molecule has 94 valence electrons. The van der Waals surface area contributed by atoms with Crippen molar-refractivity contribution in [3.63, 3.8) is 0 Å². The first kappa shape index (κ1) is 13.4. The van der Waals surface area contributed by atoms with Crippen molar-refractivity contribution in [1.82, 2.24) is 0 Å². The molecule has 0 heterocycles. The summed E-state index contributed by atoms with van der Waals surface area (Å²) in [5, 5.41) is 11.0. The maximum Gasteiger partial charge on any atom is 0.226 e. The van der Waals surface area contributed by atoms with Crippen LogP contribution in [0.4, 0.5) is 15.8 Å². The normalized spacial score (nSPS) is 10.2. The zero-order valence-electron chi connectivity index (χ0n) is 9.28. The molecule has 0 atom stereocenters. The maximum absolute atomic E-state index is 12.8. The van der Waals surface area contributed by atoms with E-state index < -0.39 is 5.82 Å². The second-order valence-corrected chi connectivity index (χ2v) is 3.37. The topological polar surface area (TPSA) is 84.6 Å². The molecule has 0 aliphatic carbocycles. The number of ether oxygens (including phenoxy) is 1. The average Bonchev–Trinajstić information content (AvgIpc) is 2.30. The van der Waals surface area contributed by atoms with Gasteiger partial charge in [0.2, 0.25) is 5.91 Å². The summed E-state index contributed by atoms with van der Waals surface area (Å²) in [4.78, 5) is 11.4. The number of anilines is 2. The van der Waals surface area contributed by atoms with E-state index in [9.17, 15) is 9.18 Å². The summed E-state index contributed by atoms with van der Waals surface area (Å²) in [6.07, 6.45) is 0.164. The molecule has 0 spiro atoms. The Morgan fingerprint density at radius 1 is 1.47 bits per heavy atom. The molecule has 0 aliphatic rings. The number of rotatable bonds is 6. The number of aliphatic hydroxyl groups excluding tert-OH is 1. The highest BCUT2D eigenvalue weighted by Crippen LogP contribution is 2.16. The predicted octanol–water partition coefficient (Wildman–Crippen LogP) is 0.745. The van der Waals surface area contributed by atoms with E-state index in [1.54, 1.807) is 0 Å². The third kappa shape index (κ3) is 4.80. The van der Waals surface area contributed by atoms with E-state index in [1.165, 1.54) is 18.2 Å². The monoisotopic (exact) mass is 242 g/mol. The molecule has 6 heteroatoms. The number of amides is 1. The van der Waals surface area contributed by atoms with Crippen LogP contribution >= 0.6 is 0 Å². The van der Waals surface area contributed by atoms with Crippen molar-refractivity contribution in [2.24, 2.45) is 0 Å². The summed E-state index contributed by atoms with van der Waals surface area (Å²) in [6.45, 7) is 0.357. The largest absolute Gasteiger partial charge is 0.396 e. The minimum absolute atomic E-state index is 0.0145. The number of aliphatic hydroxyl groups is 1. The van der Waals surface area contributed by atoms with Gasteiger partial charge in [0.05, 0.1) is 31.9 Å². The highest BCUT2D eigenvalue weighted by molar-refractivity contribution is 5.91. The lowest BCUT2D eigenvalue weighted by Gasteiger charge is -2.06. The first-order chi connectivity index (χ1) is 8.13. The Kier molecular flexibility index (Phi) is 5.38. The van der Waals surface area contributed by atoms with Gasteiger partial charge in [-0.25, -0.2) is 4.39 Å². The summed E-state index contributed by atoms with van der Waals surface area (Å²) < 4.78 is 17.8. The molecule has 0 aliphatic heterocycles. The number of nitrogen functional groups attached to an aromatic ring is 1. The van der Waals surface area contributed by atoms with Crippen LogP contribution in [0, 0.1) is 5.82 Å². The van der Waals surface area contributed by atoms with Crippen LogP contribution in [-0.2, 0) is 9.53 Å². The summed E-state index contributed by atoms with van der Waals surface area (Å²) >= 11 is 0. The van der Waals surface area contributed by atoms with Gasteiger partial charge in [0, 0.05) is 5.69 Å². The van der Waals surface area contributed by atoms with Gasteiger partial charge >= 0.3 is 0 Å². The Morgan fingerprint density at radius 3 is 2.88 bits per heavy atom. The number of hydrogen-bond acceptors (Lipinski definition) is 4. The first-order valence-corrected chi connectivity index (χ1v) is 5.17. The van der Waals surface area contributed by atoms with Crippen LogP contribution in [0.25, 0.3) is 0 Å². The second kappa shape index (κ2) is 6.82. The molecule has 0 radical (unpaired) electrons. The maximum atomic E-state index is 12.8. The number of carbonyl (C=O) groups is 1. The quantitative estimate of drug-likeness (QED) is 0.507. The van der Waals surface area contributed by atoms with Crippen LogP contribution in [-0.4, -0.2) is 30.8 Å². The SMILES string of the molecule is Nc1cc(NC(=O)CCOCCO)ccc1F. The number of benzene rings is 1. The molecule has 0 bridgehead atoms. The summed E-state index contributed by atoms with van der Waals surface area (Å²) in [6, 6.07) is 3.97. The van der Waals surface area contributed by atoms with Gasteiger partial charge in [-0.1, -0.05) is 0 Å². The predicted molar refractivity (Wildman–Crippen MR) is 62.0 cm³/mol. The van der Waals surface area contributed by atoms with Gasteiger partial charge in [-0.3, -0.25) is 4.79 Å². The molecule has 1 amide bonds. The van der Waals surface area contributed by atoms with Gasteiger partial charge in [-0.05, 0) is 18.2 Å². The highest BCUT2D eigenvalue weighted by Gasteiger charge is 2.04. The van der Waals surface area contributed by atoms with Gasteiger partial charge in [0.25, 0.3) is 0 Å². The number of nitrogens with one attached hydrogen (secondary N) is 1. The lowest BCUT2D eigenvalue weighted by Crippen LogP contribution is -2.15. The molecule has 1 aromatic carbocycles. The molecule has 0 saturated carbocycles.